The van der Waals surface area contributed by atoms with Crippen LogP contribution in [0.3, 0.4) is 0 Å². The lowest BCUT2D eigenvalue weighted by atomic mass is 9.97. The summed E-state index contributed by atoms with van der Waals surface area (Å²) in [4.78, 5) is 13.8. The molecule has 0 aliphatic carbocycles. The lowest BCUT2D eigenvalue weighted by molar-refractivity contribution is 0.115. The number of anilines is 2. The molecule has 110 valence electrons. The van der Waals surface area contributed by atoms with Gasteiger partial charge in [-0.1, -0.05) is 6.42 Å². The minimum Gasteiger partial charge on any atom is -0.351 e. The summed E-state index contributed by atoms with van der Waals surface area (Å²) >= 11 is 0. The molecule has 2 aliphatic heterocycles. The minimum absolute atomic E-state index is 0.476. The standard InChI is InChI=1S/C14H24N6/c1-10-7-13(17-14(16-10)18-15)20-9-12-5-3-4-6-19(12)8-11(20)2/h7,11-12H,3-6,8-9,15H2,1-2H3,(H,16,17,18). The molecule has 2 atom stereocenters. The van der Waals surface area contributed by atoms with Gasteiger partial charge in [0, 0.05) is 36.9 Å². The Bertz CT molecular complexity index is 477. The van der Waals surface area contributed by atoms with E-state index >= 15 is 0 Å². The van der Waals surface area contributed by atoms with Gasteiger partial charge in [-0.05, 0) is 33.2 Å². The highest BCUT2D eigenvalue weighted by Crippen LogP contribution is 2.27. The van der Waals surface area contributed by atoms with Gasteiger partial charge in [-0.25, -0.2) is 10.8 Å². The number of hydrogen-bond acceptors (Lipinski definition) is 6. The third kappa shape index (κ3) is 2.58. The van der Waals surface area contributed by atoms with E-state index in [1.165, 1.54) is 25.8 Å². The molecule has 0 radical (unpaired) electrons. The number of hydrogen-bond donors (Lipinski definition) is 2. The summed E-state index contributed by atoms with van der Waals surface area (Å²) in [5.74, 6) is 6.94. The molecule has 6 heteroatoms. The Morgan fingerprint density at radius 2 is 2.15 bits per heavy atom. The summed E-state index contributed by atoms with van der Waals surface area (Å²) in [6.07, 6.45) is 3.99. The quantitative estimate of drug-likeness (QED) is 0.623. The van der Waals surface area contributed by atoms with Crippen LogP contribution in [-0.2, 0) is 0 Å². The third-order valence-electron chi connectivity index (χ3n) is 4.45. The van der Waals surface area contributed by atoms with Crippen molar-refractivity contribution in [1.29, 1.82) is 0 Å². The van der Waals surface area contributed by atoms with Crippen LogP contribution in [0.2, 0.25) is 0 Å². The van der Waals surface area contributed by atoms with Gasteiger partial charge < -0.3 is 4.90 Å². The van der Waals surface area contributed by atoms with Crippen LogP contribution in [0, 0.1) is 6.92 Å². The van der Waals surface area contributed by atoms with E-state index in [0.29, 0.717) is 18.0 Å². The fourth-order valence-electron chi connectivity index (χ4n) is 3.44. The van der Waals surface area contributed by atoms with Crippen LogP contribution >= 0.6 is 0 Å². The van der Waals surface area contributed by atoms with Gasteiger partial charge in [0.2, 0.25) is 5.95 Å². The molecule has 3 heterocycles. The van der Waals surface area contributed by atoms with Gasteiger partial charge in [0.15, 0.2) is 0 Å². The highest BCUT2D eigenvalue weighted by molar-refractivity contribution is 5.46. The van der Waals surface area contributed by atoms with Crippen LogP contribution in [0.1, 0.15) is 31.9 Å². The van der Waals surface area contributed by atoms with Crippen LogP contribution in [0.25, 0.3) is 0 Å². The molecule has 0 spiro atoms. The Labute approximate surface area is 120 Å². The second-order valence-electron chi connectivity index (χ2n) is 5.98. The Morgan fingerprint density at radius 1 is 1.30 bits per heavy atom. The molecule has 1 aromatic heterocycles. The van der Waals surface area contributed by atoms with E-state index in [0.717, 1.165) is 24.6 Å². The highest BCUT2D eigenvalue weighted by atomic mass is 15.4. The van der Waals surface area contributed by atoms with Gasteiger partial charge in [0.05, 0.1) is 0 Å². The molecule has 1 aromatic rings. The van der Waals surface area contributed by atoms with E-state index in [1.807, 2.05) is 6.92 Å². The van der Waals surface area contributed by atoms with Gasteiger partial charge in [-0.2, -0.15) is 4.98 Å². The maximum absolute atomic E-state index is 5.46. The molecule has 0 bridgehead atoms. The Kier molecular flexibility index (Phi) is 3.76. The number of fused-ring (bicyclic) bond motifs is 1. The van der Waals surface area contributed by atoms with Crippen molar-refractivity contribution in [3.8, 4) is 0 Å². The van der Waals surface area contributed by atoms with Gasteiger partial charge in [0.25, 0.3) is 0 Å². The van der Waals surface area contributed by atoms with E-state index in [4.69, 9.17) is 5.84 Å². The lowest BCUT2D eigenvalue weighted by Gasteiger charge is -2.48. The van der Waals surface area contributed by atoms with Crippen LogP contribution < -0.4 is 16.2 Å². The SMILES string of the molecule is Cc1cc(N2CC3CCCCN3CC2C)nc(NN)n1. The van der Waals surface area contributed by atoms with Gasteiger partial charge in [-0.15, -0.1) is 0 Å². The summed E-state index contributed by atoms with van der Waals surface area (Å²) < 4.78 is 0. The number of rotatable bonds is 2. The number of aryl methyl sites for hydroxylation is 1. The average molecular weight is 276 g/mol. The maximum Gasteiger partial charge on any atom is 0.239 e. The fourth-order valence-corrected chi connectivity index (χ4v) is 3.44. The number of piperazine rings is 1. The molecular formula is C14H24N6. The third-order valence-corrected chi connectivity index (χ3v) is 4.45. The second kappa shape index (κ2) is 5.54. The monoisotopic (exact) mass is 276 g/mol. The van der Waals surface area contributed by atoms with Crippen molar-refractivity contribution in [2.45, 2.75) is 45.2 Å². The second-order valence-corrected chi connectivity index (χ2v) is 5.98. The normalized spacial score (nSPS) is 27.2. The van der Waals surface area contributed by atoms with E-state index in [9.17, 15) is 0 Å². The Balaban J connectivity index is 1.83. The van der Waals surface area contributed by atoms with E-state index < -0.39 is 0 Å². The fraction of sp³-hybridized carbons (Fsp3) is 0.714. The zero-order valence-electron chi connectivity index (χ0n) is 12.3. The van der Waals surface area contributed by atoms with E-state index in [-0.39, 0.29) is 0 Å². The predicted octanol–water partition coefficient (Wildman–Crippen LogP) is 1.13. The summed E-state index contributed by atoms with van der Waals surface area (Å²) in [6.45, 7) is 7.69. The zero-order chi connectivity index (χ0) is 14.1. The molecular weight excluding hydrogens is 252 g/mol. The summed E-state index contributed by atoms with van der Waals surface area (Å²) in [5, 5.41) is 0. The molecule has 2 saturated heterocycles. The molecule has 0 aromatic carbocycles. The zero-order valence-corrected chi connectivity index (χ0v) is 12.3. The first-order chi connectivity index (χ1) is 9.67. The number of nitrogens with one attached hydrogen (secondary N) is 1. The van der Waals surface area contributed by atoms with Gasteiger partial charge >= 0.3 is 0 Å². The van der Waals surface area contributed by atoms with Crippen molar-refractivity contribution < 1.29 is 0 Å². The summed E-state index contributed by atoms with van der Waals surface area (Å²) in [6, 6.07) is 3.20. The Morgan fingerprint density at radius 3 is 2.95 bits per heavy atom. The highest BCUT2D eigenvalue weighted by Gasteiger charge is 2.33. The number of nitrogens with zero attached hydrogens (tertiary/aromatic N) is 4. The van der Waals surface area contributed by atoms with Crippen LogP contribution in [0.15, 0.2) is 6.07 Å². The molecule has 2 fully saturated rings. The van der Waals surface area contributed by atoms with Crippen molar-refractivity contribution >= 4 is 11.8 Å². The molecule has 2 unspecified atom stereocenters. The topological polar surface area (TPSA) is 70.3 Å². The number of nitrogen functional groups attached to an aromatic ring is 1. The van der Waals surface area contributed by atoms with Crippen molar-refractivity contribution in [2.24, 2.45) is 5.84 Å². The molecule has 0 saturated carbocycles. The summed E-state index contributed by atoms with van der Waals surface area (Å²) in [5.41, 5.74) is 3.50. The summed E-state index contributed by atoms with van der Waals surface area (Å²) in [7, 11) is 0. The van der Waals surface area contributed by atoms with Crippen molar-refractivity contribution in [3.63, 3.8) is 0 Å². The largest absolute Gasteiger partial charge is 0.351 e. The van der Waals surface area contributed by atoms with Crippen molar-refractivity contribution in [2.75, 3.05) is 30.0 Å². The smallest absolute Gasteiger partial charge is 0.239 e. The predicted molar refractivity (Wildman–Crippen MR) is 80.6 cm³/mol. The first-order valence-corrected chi connectivity index (χ1v) is 7.50. The van der Waals surface area contributed by atoms with E-state index in [2.05, 4.69) is 38.2 Å². The van der Waals surface area contributed by atoms with Crippen molar-refractivity contribution in [3.05, 3.63) is 11.8 Å². The van der Waals surface area contributed by atoms with Crippen LogP contribution in [0.5, 0.6) is 0 Å². The molecule has 6 nitrogen and oxygen atoms in total. The molecule has 3 N–H and O–H groups in total. The molecule has 0 amide bonds. The molecule has 2 aliphatic rings. The Hall–Kier alpha value is -1.40. The van der Waals surface area contributed by atoms with Crippen LogP contribution in [0.4, 0.5) is 11.8 Å². The number of aromatic nitrogens is 2. The lowest BCUT2D eigenvalue weighted by Crippen LogP contribution is -2.59. The minimum atomic E-state index is 0.476. The molecule has 20 heavy (non-hydrogen) atoms. The average Bonchev–Trinajstić information content (AvgIpc) is 2.45. The van der Waals surface area contributed by atoms with Gasteiger partial charge in [-0.3, -0.25) is 10.3 Å². The number of nitrogens with two attached hydrogens (primary N) is 1. The first-order valence-electron chi connectivity index (χ1n) is 7.50. The maximum atomic E-state index is 5.46. The van der Waals surface area contributed by atoms with Crippen molar-refractivity contribution in [1.82, 2.24) is 14.9 Å². The molecule has 3 rings (SSSR count). The first kappa shape index (κ1) is 13.6. The van der Waals surface area contributed by atoms with E-state index in [1.54, 1.807) is 0 Å². The van der Waals surface area contributed by atoms with Gasteiger partial charge in [0.1, 0.15) is 5.82 Å². The number of hydrazine groups is 1. The van der Waals surface area contributed by atoms with Crippen LogP contribution in [-0.4, -0.2) is 46.6 Å². The number of piperidine rings is 1.